The van der Waals surface area contributed by atoms with Crippen molar-refractivity contribution in [3.8, 4) is 11.1 Å². The van der Waals surface area contributed by atoms with Crippen LogP contribution in [0.1, 0.15) is 23.2 Å². The molecule has 5 heterocycles. The maximum Gasteiger partial charge on any atom is 0.341 e. The summed E-state index contributed by atoms with van der Waals surface area (Å²) in [7, 11) is 1.71. The van der Waals surface area contributed by atoms with E-state index in [0.29, 0.717) is 38.7 Å². The maximum atomic E-state index is 15.0. The zero-order valence-corrected chi connectivity index (χ0v) is 21.6. The third-order valence-electron chi connectivity index (χ3n) is 8.38. The van der Waals surface area contributed by atoms with Crippen LogP contribution in [0.2, 0.25) is 5.02 Å². The standard InChI is InChI=1S/C28H24ClFN6O3/c1-32-18-8-17(30)22(29)20-21-24(35-7-6-28(12-35)9-19(28)31)16(10-33-25(21)34-23(18)20)13-2-3-14-4-5-15(27(38)39)26(37)36(14)11-13/h2-5,8,10-11,19,32H,6-7,9,12,31H2,1H3,(H,33,34)(H,38,39)/t19-,28+/m1/s1. The summed E-state index contributed by atoms with van der Waals surface area (Å²) in [5, 5.41) is 13.7. The van der Waals surface area contributed by atoms with E-state index in [1.165, 1.54) is 16.5 Å². The van der Waals surface area contributed by atoms with E-state index >= 15 is 4.39 Å². The third kappa shape index (κ3) is 3.38. The second-order valence-corrected chi connectivity index (χ2v) is 10.9. The van der Waals surface area contributed by atoms with Crippen LogP contribution in [0.25, 0.3) is 38.6 Å². The van der Waals surface area contributed by atoms with Gasteiger partial charge in [-0.15, -0.1) is 0 Å². The van der Waals surface area contributed by atoms with Gasteiger partial charge in [0.25, 0.3) is 5.56 Å². The summed E-state index contributed by atoms with van der Waals surface area (Å²) in [6, 6.07) is 8.02. The van der Waals surface area contributed by atoms with Crippen LogP contribution in [0.5, 0.6) is 0 Å². The van der Waals surface area contributed by atoms with Crippen molar-refractivity contribution in [1.82, 2.24) is 14.4 Å². The topological polar surface area (TPSA) is 129 Å². The number of carboxylic acids is 1. The van der Waals surface area contributed by atoms with Crippen LogP contribution in [0, 0.1) is 11.2 Å². The summed E-state index contributed by atoms with van der Waals surface area (Å²) in [5.74, 6) is -1.84. The highest BCUT2D eigenvalue weighted by Gasteiger charge is 2.55. The van der Waals surface area contributed by atoms with Crippen molar-refractivity contribution in [1.29, 1.82) is 0 Å². The molecule has 2 fully saturated rings. The Morgan fingerprint density at radius 2 is 2.08 bits per heavy atom. The van der Waals surface area contributed by atoms with Gasteiger partial charge in [0.05, 0.1) is 27.3 Å². The number of nitrogens with one attached hydrogen (secondary N) is 2. The van der Waals surface area contributed by atoms with Gasteiger partial charge in [0, 0.05) is 72.1 Å². The number of aromatic amines is 1. The Balaban J connectivity index is 1.55. The van der Waals surface area contributed by atoms with Crippen LogP contribution in [0.3, 0.4) is 0 Å². The van der Waals surface area contributed by atoms with Crippen LogP contribution in [0.4, 0.5) is 15.8 Å². The number of aromatic nitrogens is 3. The van der Waals surface area contributed by atoms with Crippen LogP contribution in [0.15, 0.2) is 47.5 Å². The highest BCUT2D eigenvalue weighted by atomic mass is 35.5. The molecule has 39 heavy (non-hydrogen) atoms. The van der Waals surface area contributed by atoms with Gasteiger partial charge in [0.1, 0.15) is 17.0 Å². The fourth-order valence-corrected chi connectivity index (χ4v) is 6.37. The lowest BCUT2D eigenvalue weighted by atomic mass is 10.0. The van der Waals surface area contributed by atoms with E-state index in [-0.39, 0.29) is 22.0 Å². The molecule has 2 aliphatic rings. The fourth-order valence-electron chi connectivity index (χ4n) is 6.13. The van der Waals surface area contributed by atoms with Gasteiger partial charge in [-0.05, 0) is 31.0 Å². The van der Waals surface area contributed by atoms with Gasteiger partial charge in [-0.3, -0.25) is 9.20 Å². The number of hydrogen-bond donors (Lipinski definition) is 4. The first kappa shape index (κ1) is 23.9. The van der Waals surface area contributed by atoms with Crippen molar-refractivity contribution < 1.29 is 14.3 Å². The van der Waals surface area contributed by atoms with E-state index in [9.17, 15) is 14.7 Å². The smallest absolute Gasteiger partial charge is 0.341 e. The molecule has 0 amide bonds. The Morgan fingerprint density at radius 3 is 2.77 bits per heavy atom. The van der Waals surface area contributed by atoms with Gasteiger partial charge >= 0.3 is 5.97 Å². The van der Waals surface area contributed by atoms with Gasteiger partial charge in [-0.2, -0.15) is 0 Å². The molecule has 4 aromatic heterocycles. The van der Waals surface area contributed by atoms with E-state index in [1.54, 1.807) is 31.6 Å². The molecule has 5 aromatic rings. The first-order valence-corrected chi connectivity index (χ1v) is 13.0. The fraction of sp³-hybridized carbons (Fsp3) is 0.250. The zero-order chi connectivity index (χ0) is 27.2. The van der Waals surface area contributed by atoms with Crippen LogP contribution in [-0.4, -0.2) is 51.6 Å². The Labute approximate surface area is 226 Å². The Kier molecular flexibility index (Phi) is 5.02. The van der Waals surface area contributed by atoms with Gasteiger partial charge in [0.15, 0.2) is 0 Å². The molecule has 1 aliphatic carbocycles. The van der Waals surface area contributed by atoms with Crippen LogP contribution in [-0.2, 0) is 0 Å². The zero-order valence-electron chi connectivity index (χ0n) is 20.9. The number of halogens is 2. The van der Waals surface area contributed by atoms with Gasteiger partial charge in [-0.1, -0.05) is 17.7 Å². The van der Waals surface area contributed by atoms with Gasteiger partial charge < -0.3 is 26.0 Å². The average Bonchev–Trinajstić information content (AvgIpc) is 3.23. The van der Waals surface area contributed by atoms with Crippen molar-refractivity contribution in [2.75, 3.05) is 30.4 Å². The lowest BCUT2D eigenvalue weighted by molar-refractivity contribution is 0.0694. The summed E-state index contributed by atoms with van der Waals surface area (Å²) >= 11 is 6.60. The minimum atomic E-state index is -1.29. The number of H-pyrrole nitrogens is 1. The molecule has 1 spiro atoms. The Hall–Kier alpha value is -4.15. The Morgan fingerprint density at radius 1 is 1.31 bits per heavy atom. The highest BCUT2D eigenvalue weighted by molar-refractivity contribution is 6.39. The molecule has 2 atom stereocenters. The molecule has 0 unspecified atom stereocenters. The van der Waals surface area contributed by atoms with Crippen molar-refractivity contribution in [3.63, 3.8) is 0 Å². The summed E-state index contributed by atoms with van der Waals surface area (Å²) < 4.78 is 16.3. The molecule has 9 nitrogen and oxygen atoms in total. The minimum absolute atomic E-state index is 0.00619. The molecule has 1 saturated carbocycles. The van der Waals surface area contributed by atoms with Crippen LogP contribution < -0.4 is 21.5 Å². The molecular formula is C28H24ClFN6O3. The maximum absolute atomic E-state index is 15.0. The SMILES string of the molecule is CNc1cc(F)c(Cl)c2c1[nH]c1ncc(-c3ccc4ccc(C(=O)O)c(=O)n4c3)c(N3CC[C@]4(C[C@H]4N)C3)c12. The number of pyridine rings is 3. The predicted molar refractivity (Wildman–Crippen MR) is 150 cm³/mol. The molecule has 0 bridgehead atoms. The third-order valence-corrected chi connectivity index (χ3v) is 8.75. The second kappa shape index (κ2) is 8.17. The molecule has 11 heteroatoms. The quantitative estimate of drug-likeness (QED) is 0.262. The number of benzene rings is 1. The molecule has 1 aliphatic heterocycles. The number of anilines is 2. The number of hydrogen-bond acceptors (Lipinski definition) is 6. The average molecular weight is 547 g/mol. The first-order chi connectivity index (χ1) is 18.7. The molecule has 7 rings (SSSR count). The first-order valence-electron chi connectivity index (χ1n) is 12.6. The van der Waals surface area contributed by atoms with Gasteiger partial charge in [-0.25, -0.2) is 14.2 Å². The van der Waals surface area contributed by atoms with Gasteiger partial charge in [0.2, 0.25) is 0 Å². The Bertz CT molecular complexity index is 1930. The summed E-state index contributed by atoms with van der Waals surface area (Å²) in [4.78, 5) is 34.9. The predicted octanol–water partition coefficient (Wildman–Crippen LogP) is 4.46. The van der Waals surface area contributed by atoms with Crippen molar-refractivity contribution in [2.45, 2.75) is 18.9 Å². The summed E-state index contributed by atoms with van der Waals surface area (Å²) in [6.07, 6.45) is 5.23. The molecule has 1 aromatic carbocycles. The summed E-state index contributed by atoms with van der Waals surface area (Å²) in [5.41, 5.74) is 9.93. The van der Waals surface area contributed by atoms with E-state index < -0.39 is 17.3 Å². The number of fused-ring (bicyclic) bond motifs is 4. The molecule has 5 N–H and O–H groups in total. The normalized spacial score (nSPS) is 20.5. The number of rotatable bonds is 4. The summed E-state index contributed by atoms with van der Waals surface area (Å²) in [6.45, 7) is 1.48. The number of nitrogens with two attached hydrogens (primary N) is 1. The van der Waals surface area contributed by atoms with Crippen molar-refractivity contribution in [2.24, 2.45) is 11.1 Å². The van der Waals surface area contributed by atoms with E-state index in [0.717, 1.165) is 37.2 Å². The lowest BCUT2D eigenvalue weighted by Crippen LogP contribution is -2.24. The van der Waals surface area contributed by atoms with Crippen molar-refractivity contribution >= 4 is 56.4 Å². The second-order valence-electron chi connectivity index (χ2n) is 10.5. The number of carboxylic acid groups (broad SMARTS) is 1. The number of aromatic carboxylic acids is 1. The van der Waals surface area contributed by atoms with E-state index in [2.05, 4.69) is 15.2 Å². The van der Waals surface area contributed by atoms with E-state index in [1.807, 2.05) is 6.07 Å². The molecular weight excluding hydrogens is 523 g/mol. The molecule has 1 saturated heterocycles. The number of carbonyl (C=O) groups is 1. The number of nitrogens with zero attached hydrogens (tertiary/aromatic N) is 3. The largest absolute Gasteiger partial charge is 0.477 e. The molecule has 0 radical (unpaired) electrons. The highest BCUT2D eigenvalue weighted by Crippen LogP contribution is 2.54. The monoisotopic (exact) mass is 546 g/mol. The van der Waals surface area contributed by atoms with Crippen molar-refractivity contribution in [3.05, 3.63) is 69.5 Å². The van der Waals surface area contributed by atoms with Crippen LogP contribution >= 0.6 is 11.6 Å². The van der Waals surface area contributed by atoms with E-state index in [4.69, 9.17) is 22.3 Å². The minimum Gasteiger partial charge on any atom is -0.477 e. The molecule has 198 valence electrons. The lowest BCUT2D eigenvalue weighted by Gasteiger charge is -2.24.